The molecule has 0 aromatic heterocycles. The van der Waals surface area contributed by atoms with E-state index < -0.39 is 11.9 Å². The number of carboxylic acid groups (broad SMARTS) is 2. The first-order valence-electron chi connectivity index (χ1n) is 11.6. The molecule has 2 aromatic rings. The molecule has 8 nitrogen and oxygen atoms in total. The SMILES string of the molecule is CC(=O)[O-].CC(=O)[O-].CCc1ccc(O)c(C=NC2CCC(N=Cc3cc(CC)ccc3O)C2)c1.[Co+2]. The van der Waals surface area contributed by atoms with Gasteiger partial charge in [0.25, 0.3) is 0 Å². The maximum absolute atomic E-state index is 10.00. The number of hydrogen-bond donors (Lipinski definition) is 2. The number of aliphatic carboxylic acids is 2. The number of rotatable bonds is 6. The van der Waals surface area contributed by atoms with Crippen LogP contribution in [0.5, 0.6) is 11.5 Å². The van der Waals surface area contributed by atoms with Crippen LogP contribution >= 0.6 is 0 Å². The molecule has 197 valence electrons. The molecule has 2 unspecified atom stereocenters. The summed E-state index contributed by atoms with van der Waals surface area (Å²) in [4.78, 5) is 27.1. The number of hydrogen-bond acceptors (Lipinski definition) is 8. The average Bonchev–Trinajstić information content (AvgIpc) is 3.25. The zero-order valence-corrected chi connectivity index (χ0v) is 22.1. The van der Waals surface area contributed by atoms with E-state index in [0.717, 1.165) is 57.1 Å². The number of carboxylic acids is 2. The predicted molar refractivity (Wildman–Crippen MR) is 133 cm³/mol. The molecule has 2 atom stereocenters. The number of phenolic OH excluding ortho intramolecular Hbond substituents is 2. The average molecular weight is 542 g/mol. The minimum atomic E-state index is -1.08. The summed E-state index contributed by atoms with van der Waals surface area (Å²) in [6.45, 7) is 6.14. The third-order valence-electron chi connectivity index (χ3n) is 5.23. The van der Waals surface area contributed by atoms with Gasteiger partial charge in [0.15, 0.2) is 0 Å². The van der Waals surface area contributed by atoms with E-state index in [1.807, 2.05) is 24.3 Å². The van der Waals surface area contributed by atoms with Gasteiger partial charge in [-0.15, -0.1) is 0 Å². The Balaban J connectivity index is 0.00000119. The van der Waals surface area contributed by atoms with Gasteiger partial charge in [0.05, 0.1) is 12.1 Å². The smallest absolute Gasteiger partial charge is 0.550 e. The fraction of sp³-hybridized carbons (Fsp3) is 0.407. The first-order chi connectivity index (χ1) is 16.5. The quantitative estimate of drug-likeness (QED) is 0.537. The zero-order valence-electron chi connectivity index (χ0n) is 21.1. The Morgan fingerprint density at radius 2 is 1.17 bits per heavy atom. The van der Waals surface area contributed by atoms with Crippen LogP contribution in [-0.4, -0.2) is 46.7 Å². The molecule has 1 aliphatic rings. The Bertz CT molecular complexity index is 949. The van der Waals surface area contributed by atoms with Crippen molar-refractivity contribution in [3.05, 3.63) is 58.7 Å². The second-order valence-corrected chi connectivity index (χ2v) is 8.15. The number of nitrogens with zero attached hydrogens (tertiary/aromatic N) is 2. The van der Waals surface area contributed by atoms with Crippen molar-refractivity contribution in [1.29, 1.82) is 0 Å². The minimum Gasteiger partial charge on any atom is -0.550 e. The van der Waals surface area contributed by atoms with Crippen molar-refractivity contribution in [3.8, 4) is 11.5 Å². The molecule has 0 bridgehead atoms. The maximum Gasteiger partial charge on any atom is 2.00 e. The monoisotopic (exact) mass is 541 g/mol. The Hall–Kier alpha value is -3.17. The Kier molecular flexibility index (Phi) is 15.8. The van der Waals surface area contributed by atoms with Crippen LogP contribution in [0.4, 0.5) is 0 Å². The number of aryl methyl sites for hydroxylation is 2. The molecule has 1 fully saturated rings. The second kappa shape index (κ2) is 17.3. The van der Waals surface area contributed by atoms with Crippen molar-refractivity contribution in [3.63, 3.8) is 0 Å². The number of carbonyl (C=O) groups is 2. The van der Waals surface area contributed by atoms with Gasteiger partial charge in [-0.2, -0.15) is 0 Å². The van der Waals surface area contributed by atoms with Gasteiger partial charge in [-0.25, -0.2) is 0 Å². The molecule has 1 aliphatic carbocycles. The maximum atomic E-state index is 10.00. The van der Waals surface area contributed by atoms with Crippen molar-refractivity contribution in [1.82, 2.24) is 0 Å². The van der Waals surface area contributed by atoms with Crippen LogP contribution < -0.4 is 10.2 Å². The van der Waals surface area contributed by atoms with Crippen molar-refractivity contribution < 1.29 is 46.8 Å². The normalized spacial score (nSPS) is 16.4. The van der Waals surface area contributed by atoms with Crippen LogP contribution in [0.15, 0.2) is 46.4 Å². The van der Waals surface area contributed by atoms with Crippen molar-refractivity contribution >= 4 is 24.4 Å². The molecule has 1 saturated carbocycles. The topological polar surface area (TPSA) is 145 Å². The van der Waals surface area contributed by atoms with E-state index in [0.29, 0.717) is 0 Å². The van der Waals surface area contributed by atoms with E-state index >= 15 is 0 Å². The molecule has 0 amide bonds. The third-order valence-corrected chi connectivity index (χ3v) is 5.23. The van der Waals surface area contributed by atoms with Gasteiger partial charge in [0.1, 0.15) is 11.5 Å². The van der Waals surface area contributed by atoms with Gasteiger partial charge >= 0.3 is 16.8 Å². The molecule has 0 spiro atoms. The Morgan fingerprint density at radius 1 is 0.833 bits per heavy atom. The third kappa shape index (κ3) is 13.1. The van der Waals surface area contributed by atoms with Crippen molar-refractivity contribution in [2.75, 3.05) is 0 Å². The number of aromatic hydroxyl groups is 2. The first-order valence-corrected chi connectivity index (χ1v) is 11.6. The van der Waals surface area contributed by atoms with Crippen LogP contribution in [0.25, 0.3) is 0 Å². The van der Waals surface area contributed by atoms with E-state index in [9.17, 15) is 10.2 Å². The van der Waals surface area contributed by atoms with Gasteiger partial charge in [-0.3, -0.25) is 9.98 Å². The van der Waals surface area contributed by atoms with Crippen molar-refractivity contribution in [2.45, 2.75) is 71.9 Å². The summed E-state index contributed by atoms with van der Waals surface area (Å²) < 4.78 is 0. The second-order valence-electron chi connectivity index (χ2n) is 8.15. The molecular formula is C27H34CoN2O6. The van der Waals surface area contributed by atoms with Gasteiger partial charge in [0, 0.05) is 35.5 Å². The van der Waals surface area contributed by atoms with Crippen LogP contribution in [0, 0.1) is 0 Å². The van der Waals surface area contributed by atoms with Gasteiger partial charge in [-0.1, -0.05) is 26.0 Å². The largest absolute Gasteiger partial charge is 2.00 e. The van der Waals surface area contributed by atoms with Crippen LogP contribution in [-0.2, 0) is 39.2 Å². The van der Waals surface area contributed by atoms with E-state index in [2.05, 4.69) is 23.8 Å². The molecule has 2 N–H and O–H groups in total. The molecule has 0 heterocycles. The summed E-state index contributed by atoms with van der Waals surface area (Å²) in [6.07, 6.45) is 8.35. The number of carbonyl (C=O) groups excluding carboxylic acids is 2. The van der Waals surface area contributed by atoms with Crippen LogP contribution in [0.1, 0.15) is 69.2 Å². The fourth-order valence-electron chi connectivity index (χ4n) is 3.43. The van der Waals surface area contributed by atoms with Crippen molar-refractivity contribution in [2.24, 2.45) is 9.98 Å². The molecule has 36 heavy (non-hydrogen) atoms. The fourth-order valence-corrected chi connectivity index (χ4v) is 3.43. The van der Waals surface area contributed by atoms with Gasteiger partial charge < -0.3 is 30.0 Å². The van der Waals surface area contributed by atoms with Crippen LogP contribution in [0.3, 0.4) is 0 Å². The molecule has 1 radical (unpaired) electrons. The van der Waals surface area contributed by atoms with E-state index in [1.165, 1.54) is 11.1 Å². The van der Waals surface area contributed by atoms with E-state index in [1.54, 1.807) is 24.6 Å². The van der Waals surface area contributed by atoms with E-state index in [-0.39, 0.29) is 40.4 Å². The summed E-state index contributed by atoms with van der Waals surface area (Å²) in [7, 11) is 0. The summed E-state index contributed by atoms with van der Waals surface area (Å²) in [5, 5.41) is 37.8. The number of phenols is 2. The van der Waals surface area contributed by atoms with Crippen LogP contribution in [0.2, 0.25) is 0 Å². The zero-order chi connectivity index (χ0) is 26.4. The Labute approximate surface area is 223 Å². The van der Waals surface area contributed by atoms with E-state index in [4.69, 9.17) is 19.8 Å². The Morgan fingerprint density at radius 3 is 1.47 bits per heavy atom. The molecular weight excluding hydrogens is 507 g/mol. The molecule has 2 aromatic carbocycles. The number of aliphatic imine (C=N–C) groups is 2. The summed E-state index contributed by atoms with van der Waals surface area (Å²) >= 11 is 0. The van der Waals surface area contributed by atoms with Gasteiger partial charge in [0.2, 0.25) is 0 Å². The molecule has 9 heteroatoms. The minimum absolute atomic E-state index is 0. The molecule has 3 rings (SSSR count). The summed E-state index contributed by atoms with van der Waals surface area (Å²) in [5.74, 6) is -1.62. The summed E-state index contributed by atoms with van der Waals surface area (Å²) in [5.41, 5.74) is 3.94. The number of benzene rings is 2. The van der Waals surface area contributed by atoms with Gasteiger partial charge in [-0.05, 0) is 81.3 Å². The first kappa shape index (κ1) is 32.8. The molecule has 0 saturated heterocycles. The standard InChI is InChI=1S/C23H28N2O2.2C2H4O2.Co/c1-3-16-5-9-22(26)18(11-16)14-24-20-7-8-21(13-20)25-15-19-12-17(4-2)6-10-23(19)27;2*1-2(3)4;/h5-6,9-12,14-15,20-21,26-27H,3-4,7-8,13H2,1-2H3;2*1H3,(H,3,4);/q;;;+2/p-2. The predicted octanol–water partition coefficient (Wildman–Crippen LogP) is 2.19. The molecule has 0 aliphatic heterocycles. The summed E-state index contributed by atoms with van der Waals surface area (Å²) in [6, 6.07) is 11.8.